The first-order chi connectivity index (χ1) is 15.1. The lowest BCUT2D eigenvalue weighted by atomic mass is 9.94. The van der Waals surface area contributed by atoms with Crippen molar-refractivity contribution in [2.75, 3.05) is 33.9 Å². The Balaban J connectivity index is 1.71. The predicted octanol–water partition coefficient (Wildman–Crippen LogP) is 3.36. The van der Waals surface area contributed by atoms with Gasteiger partial charge in [-0.2, -0.15) is 0 Å². The Morgan fingerprint density at radius 2 is 2.10 bits per heavy atom. The van der Waals surface area contributed by atoms with Crippen LogP contribution in [0.15, 0.2) is 59.6 Å². The number of methoxy groups -OCH3 is 2. The Morgan fingerprint density at radius 3 is 2.77 bits per heavy atom. The summed E-state index contributed by atoms with van der Waals surface area (Å²) in [5.74, 6) is 1.14. The number of nitrogens with zero attached hydrogens (tertiary/aromatic N) is 2. The summed E-state index contributed by atoms with van der Waals surface area (Å²) in [7, 11) is 3.15. The molecule has 0 spiro atoms. The molecule has 2 aliphatic rings. The fourth-order valence-electron chi connectivity index (χ4n) is 4.05. The summed E-state index contributed by atoms with van der Waals surface area (Å²) in [4.78, 5) is 31.1. The molecule has 0 saturated carbocycles. The smallest absolute Gasteiger partial charge is 0.322 e. The molecule has 7 nitrogen and oxygen atoms in total. The molecule has 3 heterocycles. The third-order valence-corrected chi connectivity index (χ3v) is 6.50. The van der Waals surface area contributed by atoms with E-state index in [1.54, 1.807) is 59.6 Å². The van der Waals surface area contributed by atoms with Crippen molar-refractivity contribution in [3.05, 3.63) is 70.1 Å². The minimum Gasteiger partial charge on any atom is -0.497 e. The molecular weight excluding hydrogens is 414 g/mol. The van der Waals surface area contributed by atoms with Gasteiger partial charge in [-0.15, -0.1) is 17.9 Å². The van der Waals surface area contributed by atoms with Crippen molar-refractivity contribution < 1.29 is 19.1 Å². The quantitative estimate of drug-likeness (QED) is 0.641. The van der Waals surface area contributed by atoms with Gasteiger partial charge in [-0.25, -0.2) is 4.79 Å². The first-order valence-corrected chi connectivity index (χ1v) is 10.9. The maximum atomic E-state index is 13.5. The van der Waals surface area contributed by atoms with E-state index in [9.17, 15) is 9.59 Å². The summed E-state index contributed by atoms with van der Waals surface area (Å²) in [5, 5.41) is 5.02. The largest absolute Gasteiger partial charge is 0.497 e. The Labute approximate surface area is 185 Å². The number of carbonyl (C=O) groups excluding carboxylic acids is 2. The number of hydrogen-bond donors (Lipinski definition) is 1. The van der Waals surface area contributed by atoms with Crippen LogP contribution in [0.25, 0.3) is 0 Å². The predicted molar refractivity (Wildman–Crippen MR) is 119 cm³/mol. The second-order valence-electron chi connectivity index (χ2n) is 7.31. The molecule has 2 aromatic rings. The zero-order valence-corrected chi connectivity index (χ0v) is 18.4. The van der Waals surface area contributed by atoms with Gasteiger partial charge in [0.2, 0.25) is 0 Å². The van der Waals surface area contributed by atoms with Crippen molar-refractivity contribution in [3.63, 3.8) is 0 Å². The van der Waals surface area contributed by atoms with Gasteiger partial charge in [0.25, 0.3) is 5.91 Å². The lowest BCUT2D eigenvalue weighted by Crippen LogP contribution is -2.47. The number of rotatable bonds is 8. The first kappa shape index (κ1) is 21.0. The minimum atomic E-state index is -0.618. The van der Waals surface area contributed by atoms with Gasteiger partial charge in [0, 0.05) is 23.5 Å². The van der Waals surface area contributed by atoms with E-state index in [1.165, 1.54) is 4.88 Å². The molecule has 0 fully saturated rings. The highest BCUT2D eigenvalue weighted by atomic mass is 32.1. The molecule has 0 saturated heterocycles. The monoisotopic (exact) mass is 439 g/mol. The third kappa shape index (κ3) is 3.90. The molecule has 0 bridgehead atoms. The topological polar surface area (TPSA) is 71.1 Å². The molecule has 1 unspecified atom stereocenters. The van der Waals surface area contributed by atoms with Crippen LogP contribution >= 0.6 is 11.3 Å². The highest BCUT2D eigenvalue weighted by molar-refractivity contribution is 7.09. The first-order valence-electron chi connectivity index (χ1n) is 10.0. The molecule has 3 amide bonds. The van der Waals surface area contributed by atoms with Crippen LogP contribution in [0.3, 0.4) is 0 Å². The van der Waals surface area contributed by atoms with Crippen LogP contribution in [0.2, 0.25) is 0 Å². The Kier molecular flexibility index (Phi) is 5.99. The number of carbonyl (C=O) groups is 2. The maximum Gasteiger partial charge on any atom is 0.322 e. The van der Waals surface area contributed by atoms with E-state index < -0.39 is 6.04 Å². The zero-order chi connectivity index (χ0) is 22.0. The number of ether oxygens (including phenoxy) is 2. The number of urea groups is 1. The molecule has 2 aliphatic heterocycles. The van der Waals surface area contributed by atoms with E-state index in [2.05, 4.69) is 18.0 Å². The summed E-state index contributed by atoms with van der Waals surface area (Å²) in [6.45, 7) is 5.07. The summed E-state index contributed by atoms with van der Waals surface area (Å²) >= 11 is 1.68. The van der Waals surface area contributed by atoms with Crippen LogP contribution in [-0.2, 0) is 11.2 Å². The van der Waals surface area contributed by atoms with Crippen molar-refractivity contribution in [2.24, 2.45) is 0 Å². The van der Waals surface area contributed by atoms with Gasteiger partial charge in [-0.05, 0) is 36.1 Å². The van der Waals surface area contributed by atoms with E-state index >= 15 is 0 Å². The highest BCUT2D eigenvalue weighted by Gasteiger charge is 2.44. The lowest BCUT2D eigenvalue weighted by molar-refractivity contribution is -0.125. The van der Waals surface area contributed by atoms with Gasteiger partial charge >= 0.3 is 6.03 Å². The van der Waals surface area contributed by atoms with E-state index in [-0.39, 0.29) is 11.9 Å². The van der Waals surface area contributed by atoms with Gasteiger partial charge in [-0.3, -0.25) is 9.69 Å². The number of nitrogens with one attached hydrogen (secondary N) is 1. The zero-order valence-electron chi connectivity index (χ0n) is 17.6. The number of amides is 3. The average molecular weight is 440 g/mol. The molecular formula is C23H25N3O4S. The van der Waals surface area contributed by atoms with Gasteiger partial charge in [0.1, 0.15) is 11.5 Å². The highest BCUT2D eigenvalue weighted by Crippen LogP contribution is 2.40. The molecule has 1 atom stereocenters. The van der Waals surface area contributed by atoms with E-state index in [4.69, 9.17) is 9.47 Å². The fourth-order valence-corrected chi connectivity index (χ4v) is 4.75. The van der Waals surface area contributed by atoms with Crippen molar-refractivity contribution >= 4 is 23.3 Å². The van der Waals surface area contributed by atoms with E-state index in [0.29, 0.717) is 42.3 Å². The molecule has 8 heteroatoms. The standard InChI is InChI=1S/C23H25N3O4S/c1-4-10-26-18-14-25(11-9-16-6-5-12-31-16)22(27)20(18)21(24-23(26)28)17-13-15(29-2)7-8-19(17)30-3/h4-8,12-13,21H,1,9-11,14H2,2-3H3,(H,24,28). The minimum absolute atomic E-state index is 0.0736. The second kappa shape index (κ2) is 8.85. The maximum absolute atomic E-state index is 13.5. The van der Waals surface area contributed by atoms with Crippen molar-refractivity contribution in [1.82, 2.24) is 15.1 Å². The summed E-state index contributed by atoms with van der Waals surface area (Å²) in [6, 6.07) is 8.57. The van der Waals surface area contributed by atoms with Crippen molar-refractivity contribution in [2.45, 2.75) is 12.5 Å². The van der Waals surface area contributed by atoms with Crippen LogP contribution in [0.4, 0.5) is 4.79 Å². The summed E-state index contributed by atoms with van der Waals surface area (Å²) in [5.41, 5.74) is 1.98. The van der Waals surface area contributed by atoms with Crippen molar-refractivity contribution in [1.29, 1.82) is 0 Å². The fraction of sp³-hybridized carbons (Fsp3) is 0.304. The number of hydrogen-bond acceptors (Lipinski definition) is 5. The molecule has 0 radical (unpaired) electrons. The molecule has 162 valence electrons. The van der Waals surface area contributed by atoms with Gasteiger partial charge in [-0.1, -0.05) is 12.1 Å². The molecule has 1 aromatic carbocycles. The molecule has 4 rings (SSSR count). The molecule has 1 aromatic heterocycles. The lowest BCUT2D eigenvalue weighted by Gasteiger charge is -2.33. The van der Waals surface area contributed by atoms with Crippen LogP contribution in [0, 0.1) is 0 Å². The molecule has 31 heavy (non-hydrogen) atoms. The van der Waals surface area contributed by atoms with Crippen LogP contribution in [0.1, 0.15) is 16.5 Å². The average Bonchev–Trinajstić information content (AvgIpc) is 3.41. The Bertz CT molecular complexity index is 1030. The van der Waals surface area contributed by atoms with E-state index in [0.717, 1.165) is 12.1 Å². The van der Waals surface area contributed by atoms with Crippen LogP contribution in [-0.4, -0.2) is 55.6 Å². The third-order valence-electron chi connectivity index (χ3n) is 5.56. The summed E-state index contributed by atoms with van der Waals surface area (Å²) in [6.07, 6.45) is 2.44. The second-order valence-corrected chi connectivity index (χ2v) is 8.34. The molecule has 1 N–H and O–H groups in total. The van der Waals surface area contributed by atoms with Gasteiger partial charge in [0.05, 0.1) is 38.1 Å². The van der Waals surface area contributed by atoms with Crippen LogP contribution in [0.5, 0.6) is 11.5 Å². The SMILES string of the molecule is C=CCN1C(=O)NC(c2cc(OC)ccc2OC)C2=C1CN(CCc1cccs1)C2=O. The Hall–Kier alpha value is -3.26. The van der Waals surface area contributed by atoms with E-state index in [1.807, 2.05) is 11.4 Å². The normalized spacial score (nSPS) is 18.2. The summed E-state index contributed by atoms with van der Waals surface area (Å²) < 4.78 is 10.9. The van der Waals surface area contributed by atoms with Gasteiger partial charge < -0.3 is 19.7 Å². The molecule has 0 aliphatic carbocycles. The van der Waals surface area contributed by atoms with Gasteiger partial charge in [0.15, 0.2) is 0 Å². The van der Waals surface area contributed by atoms with Crippen molar-refractivity contribution in [3.8, 4) is 11.5 Å². The van der Waals surface area contributed by atoms with Crippen LogP contribution < -0.4 is 14.8 Å². The number of benzene rings is 1. The Morgan fingerprint density at radius 1 is 1.26 bits per heavy atom. The number of thiophene rings is 1.